The molecule has 1 aliphatic heterocycles. The smallest absolute Gasteiger partial charge is 0.463 e. The van der Waals surface area contributed by atoms with Crippen LogP contribution < -0.4 is 0 Å². The maximum absolute atomic E-state index is 12.0. The summed E-state index contributed by atoms with van der Waals surface area (Å²) in [5.41, 5.74) is 0. The fourth-order valence-electron chi connectivity index (χ4n) is 3.89. The van der Waals surface area contributed by atoms with Crippen LogP contribution in [0.5, 0.6) is 0 Å². The molecule has 1 fully saturated rings. The third-order valence-corrected chi connectivity index (χ3v) is 6.31. The molecule has 0 aromatic heterocycles. The van der Waals surface area contributed by atoms with Crippen LogP contribution in [0, 0.1) is 0 Å². The summed E-state index contributed by atoms with van der Waals surface area (Å²) in [7, 11) is -4.63. The number of carbonyl (C=O) groups excluding carboxylic acids is 1. The van der Waals surface area contributed by atoms with E-state index in [9.17, 15) is 9.36 Å². The number of unbranched alkanes of at least 4 members (excludes halogenated alkanes) is 12. The summed E-state index contributed by atoms with van der Waals surface area (Å²) >= 11 is 0. The minimum atomic E-state index is -4.63. The van der Waals surface area contributed by atoms with E-state index in [1.54, 1.807) is 0 Å². The molecule has 1 rings (SSSR count). The molecule has 0 saturated carbocycles. The van der Waals surface area contributed by atoms with Crippen molar-refractivity contribution >= 4 is 13.8 Å². The van der Waals surface area contributed by atoms with E-state index in [1.807, 2.05) is 0 Å². The largest absolute Gasteiger partial charge is 0.469 e. The van der Waals surface area contributed by atoms with Crippen LogP contribution in [0.25, 0.3) is 0 Å². The maximum atomic E-state index is 12.0. The van der Waals surface area contributed by atoms with Crippen LogP contribution in [-0.2, 0) is 28.1 Å². The van der Waals surface area contributed by atoms with Gasteiger partial charge in [0.05, 0.1) is 6.61 Å². The number of hydrogen-bond acceptors (Lipinski definition) is 6. The zero-order chi connectivity index (χ0) is 24.2. The first-order chi connectivity index (χ1) is 15.9. The molecule has 0 aromatic rings. The zero-order valence-electron chi connectivity index (χ0n) is 20.6. The molecule has 1 unspecified atom stereocenters. The van der Waals surface area contributed by atoms with Crippen molar-refractivity contribution in [2.45, 2.75) is 128 Å². The van der Waals surface area contributed by atoms with Gasteiger partial charge in [-0.2, -0.15) is 0 Å². The lowest BCUT2D eigenvalue weighted by atomic mass is 10.0. The number of phosphoric ester groups is 1. The van der Waals surface area contributed by atoms with E-state index in [2.05, 4.69) is 11.4 Å². The Balaban J connectivity index is 2.06. The second-order valence-corrected chi connectivity index (χ2v) is 10.3. The molecule has 0 aromatic carbocycles. The molecule has 2 N–H and O–H groups in total. The minimum absolute atomic E-state index is 0.114. The third kappa shape index (κ3) is 19.5. The Morgan fingerprint density at radius 1 is 0.909 bits per heavy atom. The molecule has 2 atom stereocenters. The molecule has 8 nitrogen and oxygen atoms in total. The maximum Gasteiger partial charge on any atom is 0.469 e. The highest BCUT2D eigenvalue weighted by atomic mass is 31.2. The average molecular weight is 495 g/mol. The fraction of sp³-hybridized carbons (Fsp3) is 0.958. The Morgan fingerprint density at radius 3 is 2.00 bits per heavy atom. The molecule has 1 heterocycles. The lowest BCUT2D eigenvalue weighted by Gasteiger charge is -2.27. The monoisotopic (exact) mass is 494 g/mol. The number of ether oxygens (including phenoxy) is 3. The summed E-state index contributed by atoms with van der Waals surface area (Å²) in [6, 6.07) is 0. The van der Waals surface area contributed by atoms with Crippen LogP contribution in [0.3, 0.4) is 0 Å². The number of rotatable bonds is 21. The Morgan fingerprint density at radius 2 is 1.48 bits per heavy atom. The lowest BCUT2D eigenvalue weighted by Crippen LogP contribution is -2.34. The van der Waals surface area contributed by atoms with Crippen LogP contribution in [0.2, 0.25) is 0 Å². The quantitative estimate of drug-likeness (QED) is 0.113. The standard InChI is InChI=1S/C24H47O8P/c1-2-3-4-5-6-7-8-9-10-11-12-13-14-17-23(25)30-20-22(21-31-33(26,27)28)32-24-18-15-16-19-29-24/h22,24H,2-21H2,1H3,(H2,26,27,28)/t22-,24?/m1/s1. The topological polar surface area (TPSA) is 112 Å². The van der Waals surface area contributed by atoms with Crippen molar-refractivity contribution < 1.29 is 37.9 Å². The van der Waals surface area contributed by atoms with Crippen LogP contribution >= 0.6 is 7.82 Å². The second-order valence-electron chi connectivity index (χ2n) is 9.02. The van der Waals surface area contributed by atoms with Crippen molar-refractivity contribution in [1.82, 2.24) is 0 Å². The van der Waals surface area contributed by atoms with Crippen molar-refractivity contribution in [2.75, 3.05) is 19.8 Å². The summed E-state index contributed by atoms with van der Waals surface area (Å²) in [5.74, 6) is -0.326. The van der Waals surface area contributed by atoms with Crippen molar-refractivity contribution in [1.29, 1.82) is 0 Å². The molecule has 196 valence electrons. The van der Waals surface area contributed by atoms with Gasteiger partial charge in [0.1, 0.15) is 12.7 Å². The van der Waals surface area contributed by atoms with Crippen molar-refractivity contribution in [3.05, 3.63) is 0 Å². The highest BCUT2D eigenvalue weighted by Gasteiger charge is 2.24. The summed E-state index contributed by atoms with van der Waals surface area (Å²) in [6.45, 7) is 2.35. The van der Waals surface area contributed by atoms with Gasteiger partial charge in [0.2, 0.25) is 0 Å². The van der Waals surface area contributed by atoms with E-state index in [0.717, 1.165) is 32.1 Å². The lowest BCUT2D eigenvalue weighted by molar-refractivity contribution is -0.205. The van der Waals surface area contributed by atoms with Gasteiger partial charge in [-0.25, -0.2) is 4.57 Å². The molecule has 0 bridgehead atoms. The molecule has 0 spiro atoms. The number of phosphoric acid groups is 1. The molecule has 0 amide bonds. The first kappa shape index (κ1) is 30.5. The van der Waals surface area contributed by atoms with E-state index in [4.69, 9.17) is 24.0 Å². The minimum Gasteiger partial charge on any atom is -0.463 e. The van der Waals surface area contributed by atoms with Crippen LogP contribution in [0.4, 0.5) is 0 Å². The van der Waals surface area contributed by atoms with Gasteiger partial charge in [-0.1, -0.05) is 84.0 Å². The van der Waals surface area contributed by atoms with Gasteiger partial charge < -0.3 is 24.0 Å². The highest BCUT2D eigenvalue weighted by molar-refractivity contribution is 7.46. The number of carbonyl (C=O) groups is 1. The molecular weight excluding hydrogens is 447 g/mol. The number of hydrogen-bond donors (Lipinski definition) is 2. The van der Waals surface area contributed by atoms with Gasteiger partial charge in [-0.3, -0.25) is 9.32 Å². The fourth-order valence-corrected chi connectivity index (χ4v) is 4.25. The van der Waals surface area contributed by atoms with Gasteiger partial charge in [0.25, 0.3) is 0 Å². The van der Waals surface area contributed by atoms with Crippen molar-refractivity contribution in [2.24, 2.45) is 0 Å². The second kappa shape index (κ2) is 19.8. The van der Waals surface area contributed by atoms with Gasteiger partial charge >= 0.3 is 13.8 Å². The molecule has 33 heavy (non-hydrogen) atoms. The first-order valence-corrected chi connectivity index (χ1v) is 14.6. The SMILES string of the molecule is CCCCCCCCCCCCCCCC(=O)OC[C@H](COP(=O)(O)O)OC1CCCCO1. The Bertz CT molecular complexity index is 519. The molecule has 0 radical (unpaired) electrons. The predicted octanol–water partition coefficient (Wildman–Crippen LogP) is 6.03. The van der Waals surface area contributed by atoms with Crippen LogP contribution in [0.1, 0.15) is 116 Å². The predicted molar refractivity (Wildman–Crippen MR) is 128 cm³/mol. The van der Waals surface area contributed by atoms with Gasteiger partial charge in [0.15, 0.2) is 6.29 Å². The van der Waals surface area contributed by atoms with Gasteiger partial charge in [-0.15, -0.1) is 0 Å². The summed E-state index contributed by atoms with van der Waals surface area (Å²) in [4.78, 5) is 29.9. The Kier molecular flexibility index (Phi) is 18.3. The van der Waals surface area contributed by atoms with E-state index >= 15 is 0 Å². The van der Waals surface area contributed by atoms with E-state index in [0.29, 0.717) is 19.4 Å². The van der Waals surface area contributed by atoms with E-state index in [1.165, 1.54) is 64.2 Å². The summed E-state index contributed by atoms with van der Waals surface area (Å²) < 4.78 is 32.0. The Labute approximate surface area is 200 Å². The van der Waals surface area contributed by atoms with E-state index < -0.39 is 20.2 Å². The summed E-state index contributed by atoms with van der Waals surface area (Å²) in [5, 5.41) is 0. The van der Waals surface area contributed by atoms with Crippen molar-refractivity contribution in [3.63, 3.8) is 0 Å². The Hall–Kier alpha value is -0.500. The van der Waals surface area contributed by atoms with Crippen LogP contribution in [-0.4, -0.2) is 48.0 Å². The molecule has 1 saturated heterocycles. The highest BCUT2D eigenvalue weighted by Crippen LogP contribution is 2.36. The van der Waals surface area contributed by atoms with Crippen LogP contribution in [0.15, 0.2) is 0 Å². The third-order valence-electron chi connectivity index (χ3n) is 5.83. The molecular formula is C24H47O8P. The van der Waals surface area contributed by atoms with Gasteiger partial charge in [-0.05, 0) is 25.7 Å². The van der Waals surface area contributed by atoms with E-state index in [-0.39, 0.29) is 19.2 Å². The molecule has 9 heteroatoms. The average Bonchev–Trinajstić information content (AvgIpc) is 2.79. The summed E-state index contributed by atoms with van der Waals surface area (Å²) in [6.07, 6.45) is 17.9. The van der Waals surface area contributed by atoms with Crippen molar-refractivity contribution in [3.8, 4) is 0 Å². The molecule has 1 aliphatic rings. The first-order valence-electron chi connectivity index (χ1n) is 13.0. The molecule has 0 aliphatic carbocycles. The van der Waals surface area contributed by atoms with Gasteiger partial charge in [0, 0.05) is 13.0 Å². The normalized spacial score (nSPS) is 17.7. The number of esters is 1. The zero-order valence-corrected chi connectivity index (χ0v) is 21.5.